The van der Waals surface area contributed by atoms with Gasteiger partial charge < -0.3 is 10.2 Å². The third kappa shape index (κ3) is 8.19. The predicted octanol–water partition coefficient (Wildman–Crippen LogP) is 7.04. The van der Waals surface area contributed by atoms with Gasteiger partial charge in [0.05, 0.1) is 10.6 Å². The van der Waals surface area contributed by atoms with E-state index in [-0.39, 0.29) is 29.7 Å². The van der Waals surface area contributed by atoms with Crippen LogP contribution in [0.2, 0.25) is 15.1 Å². The summed E-state index contributed by atoms with van der Waals surface area (Å²) in [4.78, 5) is 28.9. The minimum atomic E-state index is -4.22. The molecule has 0 aromatic heterocycles. The summed E-state index contributed by atoms with van der Waals surface area (Å²) in [7, 11) is -4.22. The Morgan fingerprint density at radius 2 is 1.52 bits per heavy atom. The Morgan fingerprint density at radius 3 is 2.07 bits per heavy atom. The zero-order valence-electron chi connectivity index (χ0n) is 24.3. The highest BCUT2D eigenvalue weighted by atomic mass is 35.5. The topological polar surface area (TPSA) is 86.8 Å². The van der Waals surface area contributed by atoms with Crippen LogP contribution in [0.4, 0.5) is 5.69 Å². The zero-order valence-corrected chi connectivity index (χ0v) is 27.4. The Bertz CT molecular complexity index is 1510. The maximum atomic E-state index is 14.2. The van der Waals surface area contributed by atoms with Gasteiger partial charge >= 0.3 is 0 Å². The van der Waals surface area contributed by atoms with Crippen LogP contribution >= 0.6 is 34.8 Å². The third-order valence-corrected chi connectivity index (χ3v) is 9.67. The third-order valence-electron chi connectivity index (χ3n) is 6.92. The molecule has 0 saturated carbocycles. The first-order valence-corrected chi connectivity index (χ1v) is 16.2. The van der Waals surface area contributed by atoms with Gasteiger partial charge in [0.25, 0.3) is 10.0 Å². The molecule has 0 bridgehead atoms. The number of halogens is 3. The van der Waals surface area contributed by atoms with E-state index >= 15 is 0 Å². The lowest BCUT2D eigenvalue weighted by atomic mass is 10.1. The molecule has 0 aliphatic heterocycles. The standard InChI is InChI=1S/C31H36Cl3N3O4S/c1-6-29(31(39)35-17-20(2)3)36(18-26-27(33)8-7-9-28(26)34)30(38)19-37(24-13-10-21(4)22(5)16-24)42(40,41)25-14-11-23(32)12-15-25/h7-16,20,29H,6,17-19H2,1-5H3,(H,35,39). The first-order chi connectivity index (χ1) is 19.8. The van der Waals surface area contributed by atoms with E-state index in [0.717, 1.165) is 15.4 Å². The van der Waals surface area contributed by atoms with Gasteiger partial charge in [-0.1, -0.05) is 67.7 Å². The molecule has 1 N–H and O–H groups in total. The number of benzene rings is 3. The molecular weight excluding hydrogens is 617 g/mol. The minimum Gasteiger partial charge on any atom is -0.354 e. The maximum absolute atomic E-state index is 14.2. The van der Waals surface area contributed by atoms with Crippen LogP contribution in [0.3, 0.4) is 0 Å². The van der Waals surface area contributed by atoms with Crippen molar-refractivity contribution in [2.75, 3.05) is 17.4 Å². The summed E-state index contributed by atoms with van der Waals surface area (Å²) in [5.74, 6) is -0.743. The van der Waals surface area contributed by atoms with E-state index in [4.69, 9.17) is 34.8 Å². The molecule has 2 amide bonds. The van der Waals surface area contributed by atoms with E-state index in [1.54, 1.807) is 43.3 Å². The predicted molar refractivity (Wildman–Crippen MR) is 171 cm³/mol. The van der Waals surface area contributed by atoms with Crippen molar-refractivity contribution in [2.24, 2.45) is 5.92 Å². The molecule has 0 aliphatic carbocycles. The number of aryl methyl sites for hydroxylation is 2. The average molecular weight is 653 g/mol. The Kier molecular flexibility index (Phi) is 11.7. The highest BCUT2D eigenvalue weighted by Gasteiger charge is 2.34. The van der Waals surface area contributed by atoms with E-state index < -0.39 is 28.5 Å². The number of sulfonamides is 1. The van der Waals surface area contributed by atoms with Crippen LogP contribution in [0.1, 0.15) is 43.9 Å². The van der Waals surface area contributed by atoms with Crippen LogP contribution in [0.15, 0.2) is 65.6 Å². The molecule has 226 valence electrons. The lowest BCUT2D eigenvalue weighted by Crippen LogP contribution is -2.52. The van der Waals surface area contributed by atoms with Gasteiger partial charge in [-0.3, -0.25) is 13.9 Å². The number of carbonyl (C=O) groups is 2. The maximum Gasteiger partial charge on any atom is 0.264 e. The number of carbonyl (C=O) groups excluding carboxylic acids is 2. The van der Waals surface area contributed by atoms with E-state index in [9.17, 15) is 18.0 Å². The lowest BCUT2D eigenvalue weighted by molar-refractivity contribution is -0.140. The molecular formula is C31H36Cl3N3O4S. The number of anilines is 1. The van der Waals surface area contributed by atoms with Gasteiger partial charge in [-0.05, 0) is 85.8 Å². The number of rotatable bonds is 12. The van der Waals surface area contributed by atoms with Gasteiger partial charge in [-0.15, -0.1) is 0 Å². The smallest absolute Gasteiger partial charge is 0.264 e. The summed E-state index contributed by atoms with van der Waals surface area (Å²) < 4.78 is 29.1. The number of hydrogen-bond acceptors (Lipinski definition) is 4. The molecule has 3 aromatic rings. The summed E-state index contributed by atoms with van der Waals surface area (Å²) >= 11 is 19.0. The SMILES string of the molecule is CCC(C(=O)NCC(C)C)N(Cc1c(Cl)cccc1Cl)C(=O)CN(c1ccc(C)c(C)c1)S(=O)(=O)c1ccc(Cl)cc1. The Labute approximate surface area is 263 Å². The van der Waals surface area contributed by atoms with Crippen LogP contribution in [0.25, 0.3) is 0 Å². The van der Waals surface area contributed by atoms with Gasteiger partial charge in [0, 0.05) is 33.7 Å². The molecule has 0 radical (unpaired) electrons. The fraction of sp³-hybridized carbons (Fsp3) is 0.355. The first kappa shape index (κ1) is 33.7. The molecule has 11 heteroatoms. The molecule has 1 unspecified atom stereocenters. The molecule has 0 spiro atoms. The monoisotopic (exact) mass is 651 g/mol. The number of amides is 2. The molecule has 0 fully saturated rings. The molecule has 1 atom stereocenters. The average Bonchev–Trinajstić information content (AvgIpc) is 2.93. The minimum absolute atomic E-state index is 0.0275. The van der Waals surface area contributed by atoms with Crippen LogP contribution in [0, 0.1) is 19.8 Å². The molecule has 3 aromatic carbocycles. The van der Waals surface area contributed by atoms with Crippen LogP contribution in [0.5, 0.6) is 0 Å². The largest absolute Gasteiger partial charge is 0.354 e. The van der Waals surface area contributed by atoms with Crippen molar-refractivity contribution in [3.63, 3.8) is 0 Å². The Morgan fingerprint density at radius 1 is 0.905 bits per heavy atom. The van der Waals surface area contributed by atoms with Crippen molar-refractivity contribution in [3.8, 4) is 0 Å². The fourth-order valence-corrected chi connectivity index (χ4v) is 6.39. The van der Waals surface area contributed by atoms with Gasteiger partial charge in [0.15, 0.2) is 0 Å². The molecule has 7 nitrogen and oxygen atoms in total. The number of nitrogens with one attached hydrogen (secondary N) is 1. The molecule has 0 saturated heterocycles. The van der Waals surface area contributed by atoms with Crippen molar-refractivity contribution in [3.05, 3.63) is 92.4 Å². The lowest BCUT2D eigenvalue weighted by Gasteiger charge is -2.33. The van der Waals surface area contributed by atoms with E-state index in [2.05, 4.69) is 5.32 Å². The van der Waals surface area contributed by atoms with Crippen molar-refractivity contribution in [2.45, 2.75) is 58.5 Å². The van der Waals surface area contributed by atoms with Crippen LogP contribution in [-0.2, 0) is 26.2 Å². The fourth-order valence-electron chi connectivity index (χ4n) is 4.34. The van der Waals surface area contributed by atoms with Crippen molar-refractivity contribution in [1.29, 1.82) is 0 Å². The van der Waals surface area contributed by atoms with E-state index in [1.165, 1.54) is 29.2 Å². The Balaban J connectivity index is 2.11. The molecule has 0 aliphatic rings. The second-order valence-electron chi connectivity index (χ2n) is 10.5. The van der Waals surface area contributed by atoms with E-state index in [0.29, 0.717) is 32.9 Å². The highest BCUT2D eigenvalue weighted by molar-refractivity contribution is 7.92. The quantitative estimate of drug-likeness (QED) is 0.227. The second-order valence-corrected chi connectivity index (χ2v) is 13.6. The van der Waals surface area contributed by atoms with Crippen molar-refractivity contribution >= 4 is 62.3 Å². The van der Waals surface area contributed by atoms with Gasteiger partial charge in [-0.25, -0.2) is 8.42 Å². The van der Waals surface area contributed by atoms with Gasteiger partial charge in [0.1, 0.15) is 12.6 Å². The summed E-state index contributed by atoms with van der Waals surface area (Å²) in [6.45, 7) is 9.28. The molecule has 42 heavy (non-hydrogen) atoms. The van der Waals surface area contributed by atoms with Crippen molar-refractivity contribution < 1.29 is 18.0 Å². The zero-order chi connectivity index (χ0) is 31.2. The summed E-state index contributed by atoms with van der Waals surface area (Å²) in [5, 5.41) is 3.94. The summed E-state index contributed by atoms with van der Waals surface area (Å²) in [6.07, 6.45) is 0.283. The second kappa shape index (κ2) is 14.6. The highest BCUT2D eigenvalue weighted by Crippen LogP contribution is 2.30. The Hall–Kier alpha value is -2.78. The number of nitrogens with zero attached hydrogens (tertiary/aromatic N) is 2. The summed E-state index contributed by atoms with van der Waals surface area (Å²) in [6, 6.07) is 15.0. The van der Waals surface area contributed by atoms with Crippen molar-refractivity contribution in [1.82, 2.24) is 10.2 Å². The summed E-state index contributed by atoms with van der Waals surface area (Å²) in [5.41, 5.74) is 2.60. The van der Waals surface area contributed by atoms with Crippen LogP contribution < -0.4 is 9.62 Å². The molecule has 3 rings (SSSR count). The van der Waals surface area contributed by atoms with E-state index in [1.807, 2.05) is 27.7 Å². The molecule has 0 heterocycles. The first-order valence-electron chi connectivity index (χ1n) is 13.6. The van der Waals surface area contributed by atoms with Crippen LogP contribution in [-0.4, -0.2) is 44.3 Å². The van der Waals surface area contributed by atoms with Gasteiger partial charge in [0.2, 0.25) is 11.8 Å². The van der Waals surface area contributed by atoms with Gasteiger partial charge in [-0.2, -0.15) is 0 Å². The normalized spacial score (nSPS) is 12.2. The number of hydrogen-bond donors (Lipinski definition) is 1.